The van der Waals surface area contributed by atoms with Gasteiger partial charge in [-0.2, -0.15) is 5.26 Å². The van der Waals surface area contributed by atoms with Crippen LogP contribution < -0.4 is 21.1 Å². The minimum absolute atomic E-state index is 0.0182. The molecule has 15 nitrogen and oxygen atoms in total. The van der Waals surface area contributed by atoms with E-state index in [2.05, 4.69) is 15.6 Å². The molecule has 0 aliphatic rings. The summed E-state index contributed by atoms with van der Waals surface area (Å²) in [5.74, 6) is -4.82. The number of amides is 3. The van der Waals surface area contributed by atoms with E-state index < -0.39 is 59.6 Å². The molecular formula is C45H39N5O10. The van der Waals surface area contributed by atoms with Crippen molar-refractivity contribution >= 4 is 46.7 Å². The molecule has 304 valence electrons. The largest absolute Gasteiger partial charge is 0.504 e. The zero-order chi connectivity index (χ0) is 43.5. The van der Waals surface area contributed by atoms with Crippen LogP contribution in [0.5, 0.6) is 11.5 Å². The van der Waals surface area contributed by atoms with Gasteiger partial charge in [-0.3, -0.25) is 28.8 Å². The molecule has 0 saturated carbocycles. The molecule has 1 atom stereocenters. The summed E-state index contributed by atoms with van der Waals surface area (Å²) in [7, 11) is 0. The summed E-state index contributed by atoms with van der Waals surface area (Å²) in [5.41, 5.74) is 7.96. The molecule has 4 aromatic carbocycles. The number of anilines is 1. The molecule has 1 aromatic heterocycles. The number of phenolic OH excluding ortho intramolecular Hbond substituents is 1. The minimum atomic E-state index is -1.26. The number of nitrogens with two attached hydrogens (primary N) is 1. The highest BCUT2D eigenvalue weighted by molar-refractivity contribution is 6.05. The maximum absolute atomic E-state index is 13.4. The van der Waals surface area contributed by atoms with Gasteiger partial charge in [-0.25, -0.2) is 9.78 Å². The molecule has 5 aromatic rings. The number of carboxylic acids is 1. The first kappa shape index (κ1) is 43.1. The third-order valence-corrected chi connectivity index (χ3v) is 9.08. The number of benzene rings is 4. The van der Waals surface area contributed by atoms with Crippen LogP contribution in [0, 0.1) is 11.3 Å². The molecule has 0 aliphatic carbocycles. The normalized spacial score (nSPS) is 11.2. The quantitative estimate of drug-likeness (QED) is 0.0731. The molecule has 15 heteroatoms. The van der Waals surface area contributed by atoms with Gasteiger partial charge in [-0.1, -0.05) is 42.5 Å². The SMILES string of the molecule is CC(C)Oc1c(CC(=O)c2ccc(CC(=O)[C@H](CC(N)=O)NC(=O)c3ccc(NC(=O)c4ccc(C#N)nc4)cc3)cc2)ccc(C(=O)Cc2ccc(C(=O)O)cc2)c1O. The van der Waals surface area contributed by atoms with Gasteiger partial charge in [0.2, 0.25) is 5.91 Å². The molecule has 5 rings (SSSR count). The lowest BCUT2D eigenvalue weighted by Crippen LogP contribution is -2.44. The van der Waals surface area contributed by atoms with Crippen LogP contribution in [0.25, 0.3) is 0 Å². The Morgan fingerprint density at radius 1 is 0.733 bits per heavy atom. The van der Waals surface area contributed by atoms with Crippen LogP contribution in [0.3, 0.4) is 0 Å². The first-order valence-electron chi connectivity index (χ1n) is 18.5. The zero-order valence-corrected chi connectivity index (χ0v) is 32.4. The number of Topliss-reactive ketones (excluding diaryl/α,β-unsaturated/α-hetero) is 3. The Labute approximate surface area is 343 Å². The van der Waals surface area contributed by atoms with Crippen LogP contribution in [-0.4, -0.2) is 68.4 Å². The molecule has 3 amide bonds. The van der Waals surface area contributed by atoms with E-state index in [1.807, 2.05) is 6.07 Å². The first-order chi connectivity index (χ1) is 28.6. The summed E-state index contributed by atoms with van der Waals surface area (Å²) in [4.78, 5) is 92.5. The van der Waals surface area contributed by atoms with E-state index in [0.717, 1.165) is 0 Å². The molecular weight excluding hydrogens is 771 g/mol. The number of phenols is 1. The highest BCUT2D eigenvalue weighted by Gasteiger charge is 2.25. The van der Waals surface area contributed by atoms with Crippen molar-refractivity contribution in [2.24, 2.45) is 5.73 Å². The number of pyridine rings is 1. The summed E-state index contributed by atoms with van der Waals surface area (Å²) < 4.78 is 5.86. The zero-order valence-electron chi connectivity index (χ0n) is 32.4. The van der Waals surface area contributed by atoms with E-state index in [-0.39, 0.29) is 64.3 Å². The van der Waals surface area contributed by atoms with Crippen LogP contribution in [0.4, 0.5) is 5.69 Å². The fraction of sp³-hybridized carbons (Fsp3) is 0.178. The smallest absolute Gasteiger partial charge is 0.335 e. The number of aromatic carboxylic acids is 1. The van der Waals surface area contributed by atoms with E-state index in [4.69, 9.17) is 20.8 Å². The molecule has 0 unspecified atom stereocenters. The highest BCUT2D eigenvalue weighted by atomic mass is 16.5. The summed E-state index contributed by atoms with van der Waals surface area (Å²) in [5, 5.41) is 34.4. The monoisotopic (exact) mass is 809 g/mol. The number of carbonyl (C=O) groups is 7. The Morgan fingerprint density at radius 2 is 1.33 bits per heavy atom. The van der Waals surface area contributed by atoms with Crippen molar-refractivity contribution in [3.63, 3.8) is 0 Å². The number of ether oxygens (including phenoxy) is 1. The van der Waals surface area contributed by atoms with Gasteiger partial charge in [0.15, 0.2) is 28.8 Å². The fourth-order valence-corrected chi connectivity index (χ4v) is 5.99. The second-order valence-electron chi connectivity index (χ2n) is 13.9. The predicted molar refractivity (Wildman–Crippen MR) is 217 cm³/mol. The summed E-state index contributed by atoms with van der Waals surface area (Å²) in [6.07, 6.45) is -0.147. The van der Waals surface area contributed by atoms with Crippen LogP contribution in [0.1, 0.15) is 94.4 Å². The number of hydrogen-bond donors (Lipinski definition) is 5. The van der Waals surface area contributed by atoms with Crippen LogP contribution in [0.15, 0.2) is 103 Å². The number of hydrogen-bond acceptors (Lipinski definition) is 11. The van der Waals surface area contributed by atoms with Crippen molar-refractivity contribution in [3.05, 3.63) is 153 Å². The molecule has 0 bridgehead atoms. The average molecular weight is 810 g/mol. The van der Waals surface area contributed by atoms with Gasteiger partial charge < -0.3 is 31.3 Å². The number of ketones is 3. The van der Waals surface area contributed by atoms with Crippen LogP contribution >= 0.6 is 0 Å². The summed E-state index contributed by atoms with van der Waals surface area (Å²) in [6.45, 7) is 3.45. The lowest BCUT2D eigenvalue weighted by molar-refractivity contribution is -0.125. The number of nitrogens with one attached hydrogen (secondary N) is 2. The van der Waals surface area contributed by atoms with E-state index in [0.29, 0.717) is 22.4 Å². The van der Waals surface area contributed by atoms with Crippen molar-refractivity contribution in [1.82, 2.24) is 10.3 Å². The van der Waals surface area contributed by atoms with Gasteiger partial charge in [0.1, 0.15) is 11.8 Å². The lowest BCUT2D eigenvalue weighted by atomic mass is 9.95. The Balaban J connectivity index is 1.21. The van der Waals surface area contributed by atoms with Crippen molar-refractivity contribution < 1.29 is 48.5 Å². The second-order valence-corrected chi connectivity index (χ2v) is 13.9. The Kier molecular flexibility index (Phi) is 14.0. The molecule has 60 heavy (non-hydrogen) atoms. The number of aromatic nitrogens is 1. The third-order valence-electron chi connectivity index (χ3n) is 9.08. The number of primary amides is 1. The first-order valence-corrected chi connectivity index (χ1v) is 18.5. The summed E-state index contributed by atoms with van der Waals surface area (Å²) in [6, 6.07) is 24.1. The highest BCUT2D eigenvalue weighted by Crippen LogP contribution is 2.36. The molecule has 6 N–H and O–H groups in total. The molecule has 0 saturated heterocycles. The molecule has 1 heterocycles. The number of nitrogens with zero attached hydrogens (tertiary/aromatic N) is 2. The number of carboxylic acid groups (broad SMARTS) is 1. The topological polar surface area (TPSA) is 256 Å². The molecule has 0 spiro atoms. The third kappa shape index (κ3) is 11.3. The number of rotatable bonds is 18. The Morgan fingerprint density at radius 3 is 1.90 bits per heavy atom. The van der Waals surface area contributed by atoms with Gasteiger partial charge >= 0.3 is 5.97 Å². The van der Waals surface area contributed by atoms with Crippen LogP contribution in [0.2, 0.25) is 0 Å². The number of aromatic hydroxyl groups is 1. The van der Waals surface area contributed by atoms with Crippen molar-refractivity contribution in [1.29, 1.82) is 5.26 Å². The maximum atomic E-state index is 13.4. The molecule has 0 fully saturated rings. The fourth-order valence-electron chi connectivity index (χ4n) is 5.99. The molecule has 0 radical (unpaired) electrons. The maximum Gasteiger partial charge on any atom is 0.335 e. The van der Waals surface area contributed by atoms with E-state index in [1.54, 1.807) is 26.0 Å². The lowest BCUT2D eigenvalue weighted by Gasteiger charge is -2.18. The van der Waals surface area contributed by atoms with Crippen molar-refractivity contribution in [2.45, 2.75) is 51.7 Å². The van der Waals surface area contributed by atoms with E-state index in [1.165, 1.54) is 91.1 Å². The van der Waals surface area contributed by atoms with E-state index >= 15 is 0 Å². The van der Waals surface area contributed by atoms with Crippen LogP contribution in [-0.2, 0) is 28.9 Å². The van der Waals surface area contributed by atoms with Gasteiger partial charge in [0.25, 0.3) is 11.8 Å². The Bertz CT molecular complexity index is 2490. The summed E-state index contributed by atoms with van der Waals surface area (Å²) >= 11 is 0. The predicted octanol–water partition coefficient (Wildman–Crippen LogP) is 5.03. The average Bonchev–Trinajstić information content (AvgIpc) is 3.22. The molecule has 0 aliphatic heterocycles. The van der Waals surface area contributed by atoms with Crippen molar-refractivity contribution in [2.75, 3.05) is 5.32 Å². The standard InChI is InChI=1S/C45H39N5O10/c1-25(2)60-42-31(14-18-35(41(42)55)38(52)19-26-5-9-30(10-6-26)45(58)59)21-37(51)28-7-3-27(4-8-28)20-39(53)36(22-40(47)54)50-43(56)29-11-15-33(16-12-29)49-44(57)32-13-17-34(23-46)48-24-32/h3-18,24-25,36,55H,19-22H2,1-2H3,(H2,47,54)(H,49,57)(H,50,56)(H,58,59)/t36-/m0/s1. The van der Waals surface area contributed by atoms with E-state index in [9.17, 15) is 38.7 Å². The van der Waals surface area contributed by atoms with Gasteiger partial charge in [-0.15, -0.1) is 0 Å². The number of carbonyl (C=O) groups excluding carboxylic acids is 6. The second kappa shape index (κ2) is 19.4. The number of nitriles is 1. The van der Waals surface area contributed by atoms with Crippen molar-refractivity contribution in [3.8, 4) is 17.6 Å². The van der Waals surface area contributed by atoms with Gasteiger partial charge in [-0.05, 0) is 79.6 Å². The Hall–Kier alpha value is -7.99. The minimum Gasteiger partial charge on any atom is -0.504 e. The van der Waals surface area contributed by atoms with Gasteiger partial charge in [0, 0.05) is 47.8 Å². The van der Waals surface area contributed by atoms with Gasteiger partial charge in [0.05, 0.1) is 35.3 Å².